The van der Waals surface area contributed by atoms with Crippen molar-refractivity contribution < 1.29 is 37.9 Å². The van der Waals surface area contributed by atoms with Crippen molar-refractivity contribution in [2.75, 3.05) is 28.4 Å². The first kappa shape index (κ1) is 95.6. The van der Waals surface area contributed by atoms with Crippen LogP contribution in [0.15, 0.2) is 346 Å². The van der Waals surface area contributed by atoms with Crippen molar-refractivity contribution in [3.05, 3.63) is 351 Å². The molecule has 0 bridgehead atoms. The van der Waals surface area contributed by atoms with Crippen LogP contribution in [0.5, 0.6) is 46.0 Å². The van der Waals surface area contributed by atoms with Gasteiger partial charge in [0.15, 0.2) is 46.0 Å². The van der Waals surface area contributed by atoms with Gasteiger partial charge in [-0.15, -0.1) is 0 Å². The molecule has 0 amide bonds. The first-order valence-corrected chi connectivity index (χ1v) is 51.9. The molecule has 0 radical (unpaired) electrons. The molecule has 0 unspecified atom stereocenters. The maximum atomic E-state index is 6.50. The third kappa shape index (κ3) is 22.5. The fourth-order valence-corrected chi connectivity index (χ4v) is 20.9. The Morgan fingerprint density at radius 2 is 0.476 bits per heavy atom. The highest BCUT2D eigenvalue weighted by Crippen LogP contribution is 2.52. The minimum atomic E-state index is 0.257. The van der Waals surface area contributed by atoms with Gasteiger partial charge in [0.25, 0.3) is 0 Å². The van der Waals surface area contributed by atoms with Gasteiger partial charge in [0.1, 0.15) is 23.3 Å². The van der Waals surface area contributed by atoms with E-state index in [1.54, 1.807) is 28.4 Å². The molecule has 0 N–H and O–H groups in total. The predicted molar refractivity (Wildman–Crippen MR) is 578 cm³/mol. The molecule has 6 aliphatic carbocycles. The molecule has 726 valence electrons. The minimum Gasteiger partial charge on any atom is -0.493 e. The minimum absolute atomic E-state index is 0.257. The third-order valence-corrected chi connectivity index (χ3v) is 28.3. The second-order valence-electron chi connectivity index (χ2n) is 39.0. The summed E-state index contributed by atoms with van der Waals surface area (Å²) in [6.07, 6.45) is 27.1. The molecule has 0 saturated heterocycles. The van der Waals surface area contributed by atoms with Crippen LogP contribution >= 0.6 is 0 Å². The Bertz CT molecular complexity index is 7000. The summed E-state index contributed by atoms with van der Waals surface area (Å²) in [7, 11) is 6.85. The average Bonchev–Trinajstić information content (AvgIpc) is 1.59. The van der Waals surface area contributed by atoms with Crippen LogP contribution in [0.2, 0.25) is 0 Å². The Balaban J connectivity index is 0.000000117. The molecular weight excluding hydrogens is 1770 g/mol. The first-order valence-electron chi connectivity index (χ1n) is 51.9. The van der Waals surface area contributed by atoms with Gasteiger partial charge >= 0.3 is 0 Å². The molecule has 0 atom stereocenters. The lowest BCUT2D eigenvalue weighted by molar-refractivity contribution is 0.149. The maximum Gasteiger partial charge on any atom is 0.162 e. The lowest BCUT2D eigenvalue weighted by atomic mass is 9.98. The van der Waals surface area contributed by atoms with E-state index in [0.717, 1.165) is 211 Å². The number of hydrogen-bond acceptors (Lipinski definition) is 12. The van der Waals surface area contributed by atoms with E-state index < -0.39 is 0 Å². The van der Waals surface area contributed by atoms with Crippen LogP contribution in [0.3, 0.4) is 0 Å². The number of benzene rings is 13. The zero-order chi connectivity index (χ0) is 97.2. The van der Waals surface area contributed by atoms with Crippen LogP contribution in [-0.2, 0) is 13.1 Å². The second-order valence-corrected chi connectivity index (χ2v) is 39.0. The monoisotopic (exact) mass is 1900 g/mol. The van der Waals surface area contributed by atoms with E-state index in [4.69, 9.17) is 57.8 Å². The zero-order valence-corrected chi connectivity index (χ0v) is 83.3. The summed E-state index contributed by atoms with van der Waals surface area (Å²) >= 11 is 0. The van der Waals surface area contributed by atoms with E-state index in [2.05, 4.69) is 348 Å². The first-order chi connectivity index (χ1) is 70.6. The number of aromatic nitrogens is 8. The molecule has 4 aromatic heterocycles. The number of ether oxygens (including phenoxy) is 8. The Kier molecular flexibility index (Phi) is 30.6. The van der Waals surface area contributed by atoms with Crippen molar-refractivity contribution in [2.45, 2.75) is 205 Å². The van der Waals surface area contributed by atoms with Gasteiger partial charge in [-0.2, -0.15) is 0 Å². The topological polar surface area (TPSA) is 145 Å². The molecule has 13 aromatic carbocycles. The maximum absolute atomic E-state index is 6.50. The molecule has 23 rings (SSSR count). The number of hydrogen-bond donors (Lipinski definition) is 0. The van der Waals surface area contributed by atoms with Crippen LogP contribution in [0.4, 0.5) is 0 Å². The van der Waals surface area contributed by atoms with Crippen molar-refractivity contribution in [3.63, 3.8) is 0 Å². The third-order valence-electron chi connectivity index (χ3n) is 28.3. The van der Waals surface area contributed by atoms with E-state index in [-0.39, 0.29) is 24.4 Å². The summed E-state index contributed by atoms with van der Waals surface area (Å²) < 4.78 is 58.2. The van der Waals surface area contributed by atoms with Crippen LogP contribution in [-0.4, -0.2) is 91.1 Å². The van der Waals surface area contributed by atoms with E-state index >= 15 is 0 Å². The van der Waals surface area contributed by atoms with Crippen molar-refractivity contribution in [3.8, 4) is 182 Å². The van der Waals surface area contributed by atoms with Crippen molar-refractivity contribution in [2.24, 2.45) is 5.92 Å². The molecule has 16 heteroatoms. The summed E-state index contributed by atoms with van der Waals surface area (Å²) in [5.41, 5.74) is 23.2. The van der Waals surface area contributed by atoms with E-state index in [1.807, 2.05) is 30.3 Å². The second kappa shape index (κ2) is 45.8. The van der Waals surface area contributed by atoms with Crippen molar-refractivity contribution >= 4 is 0 Å². The SMILES string of the molecule is COc1cc(-c2nc(-c3ccccc3)c(-c3ccccc3)n2Cc2ccccc2)ccc1OC1CCCCC1.COc1ccc(-c2nc(-c3ccccc3)c(-c3ccccc3)n2C2CC2)cc1OC1CCCC1.COc1ccc(-c2nc(-c3ccccc3)c(-c3ccccc3)n2C2CC2)cc1OC1CCCCC1.COc1ccc(-c2nc(-c3ccccc3)c(-c3ccccc3)n2CC(C)C)cc1OC1CCCC1. The largest absolute Gasteiger partial charge is 0.493 e. The molecule has 0 aliphatic heterocycles. The fraction of sp³-hybridized carbons (Fsp3) is 0.291. The lowest BCUT2D eigenvalue weighted by Gasteiger charge is -2.24. The quantitative estimate of drug-likeness (QED) is 0.0422. The number of nitrogens with zero attached hydrogens (tertiary/aromatic N) is 8. The van der Waals surface area contributed by atoms with E-state index in [9.17, 15) is 0 Å². The lowest BCUT2D eigenvalue weighted by Crippen LogP contribution is -2.20. The molecule has 6 fully saturated rings. The van der Waals surface area contributed by atoms with Crippen LogP contribution in [0.25, 0.3) is 136 Å². The molecule has 0 spiro atoms. The Labute approximate surface area is 842 Å². The Morgan fingerprint density at radius 3 is 0.783 bits per heavy atom. The standard InChI is InChI=1S/C35H34N2O2.C31H32N2O2.C31H34N2O2.C30H30N2O2/c1-38-32-24-29(22-23-31(32)39-30-20-12-5-13-21-30)35-36-33(27-16-8-3-9-17-27)34(28-18-10-4-11-19-28)37(35)25-26-14-6-2-7-15-26;1-34-27-20-17-24(21-28(27)35-26-15-9-4-10-16-26)31-32-29(22-11-5-2-6-12-22)30(33(31)25-18-19-25)23-13-7-3-8-14-23;1-22(2)21-33-30(24-14-8-5-9-15-24)29(23-12-6-4-7-13-23)32-31(33)25-18-19-27(34-3)28(20-25)35-26-16-10-11-17-26;1-33-26-19-16-23(20-27(26)34-25-14-8-9-15-25)30-31-28(21-10-4-2-5-11-21)29(32(30)24-17-18-24)22-12-6-3-7-13-22/h2-4,6-11,14-19,22-24,30H,5,12-13,20-21,25H2,1H3;2-3,5-8,11-14,17,20-21,25-26H,4,9-10,15-16,18-19H2,1H3;4-9,12-15,18-20,22,26H,10-11,16-17,21H2,1-3H3;2-7,10-13,16,19-20,24-25H,8-9,14-15,17-18H2,1H3. The van der Waals surface area contributed by atoms with Gasteiger partial charge in [0.2, 0.25) is 0 Å². The molecule has 6 saturated carbocycles. The van der Waals surface area contributed by atoms with Gasteiger partial charge < -0.3 is 56.2 Å². The highest BCUT2D eigenvalue weighted by molar-refractivity contribution is 5.87. The summed E-state index contributed by atoms with van der Waals surface area (Å²) in [6, 6.07) is 121. The summed E-state index contributed by atoms with van der Waals surface area (Å²) in [6.45, 7) is 6.07. The zero-order valence-electron chi connectivity index (χ0n) is 83.3. The van der Waals surface area contributed by atoms with Gasteiger partial charge in [0.05, 0.1) is 98.4 Å². The highest BCUT2D eigenvalue weighted by atomic mass is 16.5. The molecule has 4 heterocycles. The van der Waals surface area contributed by atoms with Crippen LogP contribution in [0, 0.1) is 5.92 Å². The average molecular weight is 1900 g/mol. The van der Waals surface area contributed by atoms with Crippen molar-refractivity contribution in [1.82, 2.24) is 38.2 Å². The molecular formula is C127H130N8O8. The van der Waals surface area contributed by atoms with Gasteiger partial charge in [0, 0.05) is 91.9 Å². The van der Waals surface area contributed by atoms with Gasteiger partial charge in [-0.05, 0) is 213 Å². The highest BCUT2D eigenvalue weighted by Gasteiger charge is 2.37. The van der Waals surface area contributed by atoms with Gasteiger partial charge in [-0.25, -0.2) is 19.9 Å². The number of imidazole rings is 4. The number of rotatable bonds is 30. The Morgan fingerprint density at radius 1 is 0.231 bits per heavy atom. The summed E-state index contributed by atoms with van der Waals surface area (Å²) in [5, 5.41) is 0. The smallest absolute Gasteiger partial charge is 0.162 e. The van der Waals surface area contributed by atoms with Crippen LogP contribution in [0.1, 0.15) is 173 Å². The molecule has 6 aliphatic rings. The Hall–Kier alpha value is -14.9. The molecule has 16 nitrogen and oxygen atoms in total. The van der Waals surface area contributed by atoms with Crippen LogP contribution < -0.4 is 37.9 Å². The van der Waals surface area contributed by atoms with Gasteiger partial charge in [-0.3, -0.25) is 0 Å². The normalized spacial score (nSPS) is 15.0. The summed E-state index contributed by atoms with van der Waals surface area (Å²) in [5.74, 6) is 10.7. The predicted octanol–water partition coefficient (Wildman–Crippen LogP) is 32.0. The van der Waals surface area contributed by atoms with E-state index in [0.29, 0.717) is 24.5 Å². The van der Waals surface area contributed by atoms with Gasteiger partial charge in [-0.1, -0.05) is 300 Å². The molecule has 17 aromatic rings. The molecule has 143 heavy (non-hydrogen) atoms. The van der Waals surface area contributed by atoms with E-state index in [1.165, 1.54) is 124 Å². The van der Waals surface area contributed by atoms with Crippen molar-refractivity contribution in [1.29, 1.82) is 0 Å². The fourth-order valence-electron chi connectivity index (χ4n) is 20.9. The number of methoxy groups -OCH3 is 4. The summed E-state index contributed by atoms with van der Waals surface area (Å²) in [4.78, 5) is 21.2.